The van der Waals surface area contributed by atoms with Crippen LogP contribution >= 0.6 is 15.9 Å². The number of nitro groups is 1. The minimum Gasteiger partial charge on any atom is -0.319 e. The second-order valence-electron chi connectivity index (χ2n) is 3.70. The number of amides is 1. The zero-order valence-corrected chi connectivity index (χ0v) is 11.0. The summed E-state index contributed by atoms with van der Waals surface area (Å²) in [4.78, 5) is 23.4. The van der Waals surface area contributed by atoms with Gasteiger partial charge >= 0.3 is 0 Å². The number of benzene rings is 1. The van der Waals surface area contributed by atoms with E-state index >= 15 is 0 Å². The second kappa shape index (κ2) is 5.74. The maximum absolute atomic E-state index is 11.5. The van der Waals surface area contributed by atoms with E-state index in [1.165, 1.54) is 12.1 Å². The van der Waals surface area contributed by atoms with Gasteiger partial charge in [-0.2, -0.15) is 0 Å². The molecule has 0 spiro atoms. The molecule has 1 aromatic carbocycles. The van der Waals surface area contributed by atoms with E-state index in [0.29, 0.717) is 4.47 Å². The maximum Gasteiger partial charge on any atom is 0.293 e. The van der Waals surface area contributed by atoms with Crippen LogP contribution in [0.3, 0.4) is 0 Å². The van der Waals surface area contributed by atoms with Gasteiger partial charge in [0, 0.05) is 10.5 Å². The number of carbonyl (C=O) groups excluding carboxylic acids is 1. The van der Waals surface area contributed by atoms with Gasteiger partial charge in [-0.15, -0.1) is 0 Å². The molecule has 0 bridgehead atoms. The van der Waals surface area contributed by atoms with Gasteiger partial charge in [0.1, 0.15) is 5.69 Å². The lowest BCUT2D eigenvalue weighted by atomic mass is 10.2. The third-order valence-electron chi connectivity index (χ3n) is 1.89. The molecule has 1 rings (SSSR count). The van der Waals surface area contributed by atoms with Gasteiger partial charge in [-0.3, -0.25) is 14.9 Å². The lowest BCUT2D eigenvalue weighted by Gasteiger charge is -2.10. The molecule has 1 N–H and O–H groups in total. The first-order valence-electron chi connectivity index (χ1n) is 4.78. The molecule has 0 saturated heterocycles. The molecule has 1 amide bonds. The van der Waals surface area contributed by atoms with Crippen molar-refractivity contribution in [2.75, 3.05) is 26.0 Å². The summed E-state index contributed by atoms with van der Waals surface area (Å²) >= 11 is 3.15. The van der Waals surface area contributed by atoms with Crippen molar-refractivity contribution in [3.63, 3.8) is 0 Å². The summed E-state index contributed by atoms with van der Waals surface area (Å²) in [7, 11) is 3.49. The zero-order chi connectivity index (χ0) is 13.0. The van der Waals surface area contributed by atoms with Gasteiger partial charge in [0.15, 0.2) is 0 Å². The molecular weight excluding hydrogens is 290 g/mol. The quantitative estimate of drug-likeness (QED) is 0.680. The minimum atomic E-state index is -0.532. The van der Waals surface area contributed by atoms with Crippen molar-refractivity contribution in [1.82, 2.24) is 4.90 Å². The Morgan fingerprint density at radius 2 is 2.18 bits per heavy atom. The molecule has 17 heavy (non-hydrogen) atoms. The fourth-order valence-electron chi connectivity index (χ4n) is 1.24. The van der Waals surface area contributed by atoms with Crippen molar-refractivity contribution in [3.8, 4) is 0 Å². The summed E-state index contributed by atoms with van der Waals surface area (Å²) in [6.07, 6.45) is 0. The van der Waals surface area contributed by atoms with E-state index in [1.54, 1.807) is 25.1 Å². The van der Waals surface area contributed by atoms with Gasteiger partial charge in [-0.25, -0.2) is 0 Å². The summed E-state index contributed by atoms with van der Waals surface area (Å²) in [5, 5.41) is 13.3. The zero-order valence-electron chi connectivity index (χ0n) is 9.44. The van der Waals surface area contributed by atoms with Crippen LogP contribution in [0, 0.1) is 10.1 Å². The highest BCUT2D eigenvalue weighted by Crippen LogP contribution is 2.27. The van der Waals surface area contributed by atoms with Gasteiger partial charge in [0.2, 0.25) is 5.91 Å². The van der Waals surface area contributed by atoms with Gasteiger partial charge < -0.3 is 10.2 Å². The highest BCUT2D eigenvalue weighted by molar-refractivity contribution is 9.10. The topological polar surface area (TPSA) is 75.5 Å². The summed E-state index contributed by atoms with van der Waals surface area (Å²) in [5.41, 5.74) is 0.0662. The molecule has 0 radical (unpaired) electrons. The molecule has 0 atom stereocenters. The molecule has 6 nitrogen and oxygen atoms in total. The first-order valence-corrected chi connectivity index (χ1v) is 5.58. The Kier molecular flexibility index (Phi) is 4.59. The van der Waals surface area contributed by atoms with Gasteiger partial charge in [-0.1, -0.05) is 15.9 Å². The molecule has 0 fully saturated rings. The molecule has 0 heterocycles. The van der Waals surface area contributed by atoms with E-state index in [-0.39, 0.29) is 23.8 Å². The monoisotopic (exact) mass is 301 g/mol. The van der Waals surface area contributed by atoms with Crippen LogP contribution in [-0.4, -0.2) is 36.4 Å². The van der Waals surface area contributed by atoms with Crippen LogP contribution in [0.5, 0.6) is 0 Å². The van der Waals surface area contributed by atoms with Crippen LogP contribution in [0.4, 0.5) is 11.4 Å². The van der Waals surface area contributed by atoms with Crippen LogP contribution in [0.2, 0.25) is 0 Å². The highest BCUT2D eigenvalue weighted by Gasteiger charge is 2.16. The number of nitrogens with zero attached hydrogens (tertiary/aromatic N) is 2. The number of carbonyl (C=O) groups is 1. The Bertz CT molecular complexity index is 448. The predicted molar refractivity (Wildman–Crippen MR) is 68.0 cm³/mol. The lowest BCUT2D eigenvalue weighted by molar-refractivity contribution is -0.384. The number of rotatable bonds is 4. The van der Waals surface area contributed by atoms with Gasteiger partial charge in [0.25, 0.3) is 5.69 Å². The van der Waals surface area contributed by atoms with Crippen molar-refractivity contribution in [2.45, 2.75) is 0 Å². The SMILES string of the molecule is CN(C)CC(=O)Nc1ccc(Br)cc1[N+](=O)[O-]. The van der Waals surface area contributed by atoms with Crippen LogP contribution in [0.15, 0.2) is 22.7 Å². The highest BCUT2D eigenvalue weighted by atomic mass is 79.9. The van der Waals surface area contributed by atoms with E-state index < -0.39 is 4.92 Å². The molecular formula is C10H12BrN3O3. The molecule has 92 valence electrons. The second-order valence-corrected chi connectivity index (χ2v) is 4.62. The third-order valence-corrected chi connectivity index (χ3v) is 2.38. The van der Waals surface area contributed by atoms with E-state index in [1.807, 2.05) is 0 Å². The molecule has 0 aliphatic rings. The Morgan fingerprint density at radius 3 is 2.71 bits per heavy atom. The number of likely N-dealkylation sites (N-methyl/N-ethyl adjacent to an activating group) is 1. The van der Waals surface area contributed by atoms with E-state index in [2.05, 4.69) is 21.2 Å². The van der Waals surface area contributed by atoms with Crippen LogP contribution in [0.1, 0.15) is 0 Å². The Morgan fingerprint density at radius 1 is 1.53 bits per heavy atom. The van der Waals surface area contributed by atoms with Crippen LogP contribution < -0.4 is 5.32 Å². The first-order chi connectivity index (χ1) is 7.90. The Balaban J connectivity index is 2.91. The van der Waals surface area contributed by atoms with E-state index in [0.717, 1.165) is 0 Å². The van der Waals surface area contributed by atoms with Crippen molar-refractivity contribution >= 4 is 33.2 Å². The largest absolute Gasteiger partial charge is 0.319 e. The summed E-state index contributed by atoms with van der Waals surface area (Å²) in [5.74, 6) is -0.291. The summed E-state index contributed by atoms with van der Waals surface area (Å²) in [6, 6.07) is 4.49. The molecule has 0 unspecified atom stereocenters. The molecule has 0 aliphatic heterocycles. The van der Waals surface area contributed by atoms with Crippen molar-refractivity contribution < 1.29 is 9.72 Å². The standard InChI is InChI=1S/C10H12BrN3O3/c1-13(2)6-10(15)12-8-4-3-7(11)5-9(8)14(16)17/h3-5H,6H2,1-2H3,(H,12,15). The lowest BCUT2D eigenvalue weighted by Crippen LogP contribution is -2.27. The average Bonchev–Trinajstić information content (AvgIpc) is 2.19. The number of hydrogen-bond acceptors (Lipinski definition) is 4. The van der Waals surface area contributed by atoms with E-state index in [4.69, 9.17) is 0 Å². The number of hydrogen-bond donors (Lipinski definition) is 1. The smallest absolute Gasteiger partial charge is 0.293 e. The van der Waals surface area contributed by atoms with Gasteiger partial charge in [0.05, 0.1) is 11.5 Å². The minimum absolute atomic E-state index is 0.133. The van der Waals surface area contributed by atoms with Crippen molar-refractivity contribution in [2.24, 2.45) is 0 Å². The molecule has 0 saturated carbocycles. The Hall–Kier alpha value is -1.47. The fourth-order valence-corrected chi connectivity index (χ4v) is 1.59. The third kappa shape index (κ3) is 4.12. The number of nitro benzene ring substituents is 1. The van der Waals surface area contributed by atoms with Gasteiger partial charge in [-0.05, 0) is 26.2 Å². The van der Waals surface area contributed by atoms with Crippen LogP contribution in [-0.2, 0) is 4.79 Å². The number of halogens is 1. The van der Waals surface area contributed by atoms with Crippen molar-refractivity contribution in [1.29, 1.82) is 0 Å². The first kappa shape index (κ1) is 13.6. The Labute approximate surface area is 107 Å². The van der Waals surface area contributed by atoms with E-state index in [9.17, 15) is 14.9 Å². The maximum atomic E-state index is 11.5. The number of nitrogens with one attached hydrogen (secondary N) is 1. The summed E-state index contributed by atoms with van der Waals surface area (Å²) < 4.78 is 0.592. The van der Waals surface area contributed by atoms with Crippen molar-refractivity contribution in [3.05, 3.63) is 32.8 Å². The fraction of sp³-hybridized carbons (Fsp3) is 0.300. The molecule has 0 aliphatic carbocycles. The normalized spacial score (nSPS) is 10.4. The van der Waals surface area contributed by atoms with Crippen LogP contribution in [0.25, 0.3) is 0 Å². The predicted octanol–water partition coefficient (Wildman–Crippen LogP) is 1.86. The average molecular weight is 302 g/mol. The number of anilines is 1. The molecule has 7 heteroatoms. The molecule has 1 aromatic rings. The molecule has 0 aromatic heterocycles. The summed E-state index contributed by atoms with van der Waals surface area (Å²) in [6.45, 7) is 0.174.